The van der Waals surface area contributed by atoms with Gasteiger partial charge in [-0.2, -0.15) is 0 Å². The molecule has 0 radical (unpaired) electrons. The van der Waals surface area contributed by atoms with Crippen molar-refractivity contribution in [3.8, 4) is 0 Å². The lowest BCUT2D eigenvalue weighted by molar-refractivity contribution is 0.0484. The summed E-state index contributed by atoms with van der Waals surface area (Å²) in [5.74, 6) is 0. The van der Waals surface area contributed by atoms with Gasteiger partial charge in [-0.05, 0) is 31.1 Å². The van der Waals surface area contributed by atoms with Gasteiger partial charge in [0.15, 0.2) is 0 Å². The van der Waals surface area contributed by atoms with Crippen LogP contribution in [0, 0.1) is 5.41 Å². The van der Waals surface area contributed by atoms with E-state index >= 15 is 0 Å². The molecule has 0 atom stereocenters. The standard InChI is InChI=1S/C13H27NO/c1-4-9-15-10-8-13(6-5-7-13)11-14-12(2)3/h12,14H,4-11H2,1-3H3. The van der Waals surface area contributed by atoms with Crippen molar-refractivity contribution >= 4 is 0 Å². The van der Waals surface area contributed by atoms with Crippen molar-refractivity contribution in [1.29, 1.82) is 0 Å². The Morgan fingerprint density at radius 3 is 2.47 bits per heavy atom. The molecule has 1 aliphatic carbocycles. The zero-order valence-corrected chi connectivity index (χ0v) is 10.6. The molecule has 2 nitrogen and oxygen atoms in total. The minimum atomic E-state index is 0.567. The first-order valence-electron chi connectivity index (χ1n) is 6.50. The maximum atomic E-state index is 5.59. The summed E-state index contributed by atoms with van der Waals surface area (Å²) in [5, 5.41) is 3.57. The fourth-order valence-corrected chi connectivity index (χ4v) is 2.15. The number of rotatable bonds is 8. The first kappa shape index (κ1) is 13.0. The lowest BCUT2D eigenvalue weighted by atomic mass is 9.66. The Labute approximate surface area is 94.8 Å². The predicted octanol–water partition coefficient (Wildman–Crippen LogP) is 2.97. The zero-order chi connectivity index (χ0) is 11.1. The molecule has 0 unspecified atom stereocenters. The number of nitrogens with one attached hydrogen (secondary N) is 1. The van der Waals surface area contributed by atoms with Gasteiger partial charge in [0.2, 0.25) is 0 Å². The van der Waals surface area contributed by atoms with E-state index in [1.165, 1.54) is 32.2 Å². The van der Waals surface area contributed by atoms with Crippen molar-refractivity contribution in [1.82, 2.24) is 5.32 Å². The van der Waals surface area contributed by atoms with E-state index in [1.54, 1.807) is 0 Å². The average Bonchev–Trinajstić information content (AvgIpc) is 2.14. The van der Waals surface area contributed by atoms with E-state index in [9.17, 15) is 0 Å². The van der Waals surface area contributed by atoms with E-state index in [2.05, 4.69) is 26.1 Å². The summed E-state index contributed by atoms with van der Waals surface area (Å²) in [4.78, 5) is 0. The summed E-state index contributed by atoms with van der Waals surface area (Å²) in [6, 6.07) is 0.610. The summed E-state index contributed by atoms with van der Waals surface area (Å²) < 4.78 is 5.59. The summed E-state index contributed by atoms with van der Waals surface area (Å²) in [6.07, 6.45) is 6.57. The summed E-state index contributed by atoms with van der Waals surface area (Å²) in [7, 11) is 0. The number of hydrogen-bond donors (Lipinski definition) is 1. The largest absolute Gasteiger partial charge is 0.381 e. The second-order valence-electron chi connectivity index (χ2n) is 5.25. The molecule has 0 saturated heterocycles. The van der Waals surface area contributed by atoms with Crippen LogP contribution in [0.4, 0.5) is 0 Å². The Kier molecular flexibility index (Phi) is 5.62. The third-order valence-corrected chi connectivity index (χ3v) is 3.42. The van der Waals surface area contributed by atoms with Crippen LogP contribution in [-0.4, -0.2) is 25.8 Å². The molecule has 0 aromatic carbocycles. The van der Waals surface area contributed by atoms with Gasteiger partial charge < -0.3 is 10.1 Å². The highest BCUT2D eigenvalue weighted by Crippen LogP contribution is 2.43. The van der Waals surface area contributed by atoms with E-state index in [4.69, 9.17) is 4.74 Å². The van der Waals surface area contributed by atoms with Crippen LogP contribution in [0.5, 0.6) is 0 Å². The first-order valence-corrected chi connectivity index (χ1v) is 6.50. The van der Waals surface area contributed by atoms with Crippen LogP contribution < -0.4 is 5.32 Å². The van der Waals surface area contributed by atoms with Crippen LogP contribution in [-0.2, 0) is 4.74 Å². The van der Waals surface area contributed by atoms with E-state index in [0.717, 1.165) is 19.6 Å². The molecular weight excluding hydrogens is 186 g/mol. The Bertz CT molecular complexity index is 164. The van der Waals surface area contributed by atoms with Crippen molar-refractivity contribution in [2.45, 2.75) is 58.9 Å². The molecule has 0 aromatic heterocycles. The summed E-state index contributed by atoms with van der Waals surface area (Å²) >= 11 is 0. The molecule has 1 rings (SSSR count). The molecule has 90 valence electrons. The smallest absolute Gasteiger partial charge is 0.0471 e. The monoisotopic (exact) mass is 213 g/mol. The minimum Gasteiger partial charge on any atom is -0.381 e. The van der Waals surface area contributed by atoms with Crippen molar-refractivity contribution in [2.24, 2.45) is 5.41 Å². The van der Waals surface area contributed by atoms with Crippen LogP contribution in [0.2, 0.25) is 0 Å². The quantitative estimate of drug-likeness (QED) is 0.626. The fraction of sp³-hybridized carbons (Fsp3) is 1.00. The molecule has 1 aliphatic rings. The molecule has 0 amide bonds. The molecule has 0 bridgehead atoms. The van der Waals surface area contributed by atoms with Gasteiger partial charge in [-0.15, -0.1) is 0 Å². The third kappa shape index (κ3) is 4.52. The topological polar surface area (TPSA) is 21.3 Å². The number of hydrogen-bond acceptors (Lipinski definition) is 2. The van der Waals surface area contributed by atoms with Crippen LogP contribution in [0.15, 0.2) is 0 Å². The molecular formula is C13H27NO. The number of ether oxygens (including phenoxy) is 1. The average molecular weight is 213 g/mol. The third-order valence-electron chi connectivity index (χ3n) is 3.42. The first-order chi connectivity index (χ1) is 7.18. The van der Waals surface area contributed by atoms with Crippen molar-refractivity contribution in [3.63, 3.8) is 0 Å². The van der Waals surface area contributed by atoms with E-state index in [1.807, 2.05) is 0 Å². The van der Waals surface area contributed by atoms with Gasteiger partial charge in [-0.1, -0.05) is 27.2 Å². The van der Waals surface area contributed by atoms with Crippen molar-refractivity contribution in [3.05, 3.63) is 0 Å². The van der Waals surface area contributed by atoms with Gasteiger partial charge in [0, 0.05) is 25.8 Å². The Hall–Kier alpha value is -0.0800. The summed E-state index contributed by atoms with van der Waals surface area (Å²) in [5.41, 5.74) is 0.567. The molecule has 1 fully saturated rings. The normalized spacial score (nSPS) is 19.2. The Morgan fingerprint density at radius 1 is 1.27 bits per heavy atom. The molecule has 2 heteroatoms. The van der Waals surface area contributed by atoms with Crippen LogP contribution in [0.1, 0.15) is 52.9 Å². The Balaban J connectivity index is 2.15. The van der Waals surface area contributed by atoms with Gasteiger partial charge >= 0.3 is 0 Å². The second kappa shape index (κ2) is 6.49. The zero-order valence-electron chi connectivity index (χ0n) is 10.6. The molecule has 0 aromatic rings. The summed E-state index contributed by atoms with van der Waals surface area (Å²) in [6.45, 7) is 9.67. The highest BCUT2D eigenvalue weighted by atomic mass is 16.5. The molecule has 0 heterocycles. The molecule has 0 aliphatic heterocycles. The lowest BCUT2D eigenvalue weighted by Gasteiger charge is -2.42. The highest BCUT2D eigenvalue weighted by Gasteiger charge is 2.36. The predicted molar refractivity (Wildman–Crippen MR) is 65.1 cm³/mol. The molecule has 1 N–H and O–H groups in total. The maximum absolute atomic E-state index is 5.59. The second-order valence-corrected chi connectivity index (χ2v) is 5.25. The van der Waals surface area contributed by atoms with Gasteiger partial charge in [-0.3, -0.25) is 0 Å². The van der Waals surface area contributed by atoms with E-state index < -0.39 is 0 Å². The van der Waals surface area contributed by atoms with Gasteiger partial charge in [0.1, 0.15) is 0 Å². The fourth-order valence-electron chi connectivity index (χ4n) is 2.15. The van der Waals surface area contributed by atoms with Gasteiger partial charge in [0.05, 0.1) is 0 Å². The van der Waals surface area contributed by atoms with Gasteiger partial charge in [-0.25, -0.2) is 0 Å². The lowest BCUT2D eigenvalue weighted by Crippen LogP contribution is -2.42. The van der Waals surface area contributed by atoms with Crippen LogP contribution in [0.25, 0.3) is 0 Å². The van der Waals surface area contributed by atoms with Crippen molar-refractivity contribution in [2.75, 3.05) is 19.8 Å². The maximum Gasteiger partial charge on any atom is 0.0471 e. The van der Waals surface area contributed by atoms with E-state index in [0.29, 0.717) is 11.5 Å². The van der Waals surface area contributed by atoms with Crippen molar-refractivity contribution < 1.29 is 4.74 Å². The molecule has 0 spiro atoms. The van der Waals surface area contributed by atoms with Crippen LogP contribution in [0.3, 0.4) is 0 Å². The van der Waals surface area contributed by atoms with Crippen LogP contribution >= 0.6 is 0 Å². The Morgan fingerprint density at radius 2 is 2.00 bits per heavy atom. The highest BCUT2D eigenvalue weighted by molar-refractivity contribution is 4.89. The molecule has 1 saturated carbocycles. The molecule has 15 heavy (non-hydrogen) atoms. The SMILES string of the molecule is CCCOCCC1(CNC(C)C)CCC1. The van der Waals surface area contributed by atoms with E-state index in [-0.39, 0.29) is 0 Å². The van der Waals surface area contributed by atoms with Gasteiger partial charge in [0.25, 0.3) is 0 Å². The minimum absolute atomic E-state index is 0.567.